The molecule has 0 saturated carbocycles. The monoisotopic (exact) mass is 149 g/mol. The zero-order valence-corrected chi connectivity index (χ0v) is 4.89. The van der Waals surface area contributed by atoms with Crippen molar-refractivity contribution in [1.82, 2.24) is 0 Å². The van der Waals surface area contributed by atoms with Gasteiger partial charge in [-0.2, -0.15) is 0 Å². The summed E-state index contributed by atoms with van der Waals surface area (Å²) in [5.74, 6) is -3.19. The maximum Gasteiger partial charge on any atom is 0.334 e. The van der Waals surface area contributed by atoms with Crippen LogP contribution in [-0.2, 0) is 9.59 Å². The summed E-state index contributed by atoms with van der Waals surface area (Å²) in [6.45, 7) is 0. The van der Waals surface area contributed by atoms with Gasteiger partial charge in [-0.1, -0.05) is 0 Å². The molecule has 0 amide bonds. The Balaban J connectivity index is 4.07. The minimum atomic E-state index is -2.04. The summed E-state index contributed by atoms with van der Waals surface area (Å²) in [5, 5.41) is 24.5. The third kappa shape index (κ3) is 2.00. The van der Waals surface area contributed by atoms with Crippen molar-refractivity contribution in [2.75, 3.05) is 0 Å². The maximum absolute atomic E-state index is 9.90. The molecule has 0 rings (SSSR count). The third-order valence-corrected chi connectivity index (χ3v) is 0.878. The third-order valence-electron chi connectivity index (χ3n) is 0.878. The maximum atomic E-state index is 9.90. The molecule has 0 aromatic carbocycles. The van der Waals surface area contributed by atoms with E-state index in [2.05, 4.69) is 0 Å². The second-order valence-electron chi connectivity index (χ2n) is 1.65. The highest BCUT2D eigenvalue weighted by Crippen LogP contribution is 1.89. The Bertz CT molecular complexity index is 138. The van der Waals surface area contributed by atoms with Gasteiger partial charge in [-0.3, -0.25) is 4.79 Å². The molecular weight excluding hydrogens is 142 g/mol. The van der Waals surface area contributed by atoms with Crippen molar-refractivity contribution >= 4 is 11.9 Å². The van der Waals surface area contributed by atoms with Gasteiger partial charge >= 0.3 is 11.9 Å². The van der Waals surface area contributed by atoms with Crippen molar-refractivity contribution in [1.29, 1.82) is 0 Å². The summed E-state index contributed by atoms with van der Waals surface area (Å²) in [6.07, 6.45) is -2.04. The molecule has 6 heteroatoms. The van der Waals surface area contributed by atoms with E-state index >= 15 is 0 Å². The zero-order valence-electron chi connectivity index (χ0n) is 4.89. The Hall–Kier alpha value is -1.14. The number of nitrogens with two attached hydrogens (primary N) is 1. The smallest absolute Gasteiger partial charge is 0.334 e. The fraction of sp³-hybridized carbons (Fsp3) is 0.500. The Morgan fingerprint density at radius 3 is 1.70 bits per heavy atom. The van der Waals surface area contributed by atoms with Crippen molar-refractivity contribution in [2.24, 2.45) is 5.73 Å². The van der Waals surface area contributed by atoms with Crippen molar-refractivity contribution in [3.8, 4) is 0 Å². The molecule has 5 N–H and O–H groups in total. The Morgan fingerprint density at radius 2 is 1.60 bits per heavy atom. The van der Waals surface area contributed by atoms with E-state index in [1.165, 1.54) is 0 Å². The number of carboxylic acid groups (broad SMARTS) is 2. The average molecular weight is 149 g/mol. The van der Waals surface area contributed by atoms with Gasteiger partial charge in [-0.25, -0.2) is 4.79 Å². The Morgan fingerprint density at radius 1 is 1.20 bits per heavy atom. The number of carbonyl (C=O) groups is 2. The summed E-state index contributed by atoms with van der Waals surface area (Å²) >= 11 is 0. The predicted molar refractivity (Wildman–Crippen MR) is 29.3 cm³/mol. The fourth-order valence-corrected chi connectivity index (χ4v) is 0.289. The SMILES string of the molecule is N[C@@H](C(=O)O)C(O)C(=O)O. The number of rotatable bonds is 3. The molecule has 0 aromatic heterocycles. The van der Waals surface area contributed by atoms with Crippen LogP contribution in [-0.4, -0.2) is 39.4 Å². The molecule has 0 bridgehead atoms. The molecule has 10 heavy (non-hydrogen) atoms. The number of hydrogen-bond donors (Lipinski definition) is 4. The van der Waals surface area contributed by atoms with E-state index in [9.17, 15) is 9.59 Å². The van der Waals surface area contributed by atoms with Gasteiger partial charge in [0.25, 0.3) is 0 Å². The van der Waals surface area contributed by atoms with E-state index < -0.39 is 24.1 Å². The number of aliphatic carboxylic acids is 2. The molecule has 1 unspecified atom stereocenters. The lowest BCUT2D eigenvalue weighted by Gasteiger charge is -2.08. The summed E-state index contributed by atoms with van der Waals surface area (Å²) in [7, 11) is 0. The van der Waals surface area contributed by atoms with Gasteiger partial charge in [-0.05, 0) is 0 Å². The van der Waals surface area contributed by atoms with E-state index in [1.54, 1.807) is 0 Å². The average Bonchev–Trinajstić information content (AvgIpc) is 1.84. The number of aliphatic hydroxyl groups is 1. The fourth-order valence-electron chi connectivity index (χ4n) is 0.289. The highest BCUT2D eigenvalue weighted by Gasteiger charge is 2.27. The molecule has 0 aliphatic heterocycles. The lowest BCUT2D eigenvalue weighted by molar-refractivity contribution is -0.154. The summed E-state index contributed by atoms with van der Waals surface area (Å²) in [6, 6.07) is -1.77. The van der Waals surface area contributed by atoms with E-state index in [0.29, 0.717) is 0 Å². The zero-order chi connectivity index (χ0) is 8.31. The molecule has 58 valence electrons. The first kappa shape index (κ1) is 8.86. The molecule has 0 spiro atoms. The second-order valence-corrected chi connectivity index (χ2v) is 1.65. The van der Waals surface area contributed by atoms with E-state index in [4.69, 9.17) is 21.1 Å². The van der Waals surface area contributed by atoms with Crippen molar-refractivity contribution in [3.63, 3.8) is 0 Å². The van der Waals surface area contributed by atoms with Crippen LogP contribution in [0.4, 0.5) is 0 Å². The van der Waals surface area contributed by atoms with Crippen LogP contribution in [0.5, 0.6) is 0 Å². The molecule has 0 radical (unpaired) electrons. The van der Waals surface area contributed by atoms with Crippen LogP contribution in [0.25, 0.3) is 0 Å². The first-order valence-electron chi connectivity index (χ1n) is 2.36. The lowest BCUT2D eigenvalue weighted by Crippen LogP contribution is -2.46. The lowest BCUT2D eigenvalue weighted by atomic mass is 10.2. The molecule has 0 aliphatic rings. The highest BCUT2D eigenvalue weighted by atomic mass is 16.4. The van der Waals surface area contributed by atoms with Gasteiger partial charge in [0.2, 0.25) is 0 Å². The minimum Gasteiger partial charge on any atom is -0.480 e. The topological polar surface area (TPSA) is 121 Å². The Kier molecular flexibility index (Phi) is 2.78. The van der Waals surface area contributed by atoms with Gasteiger partial charge < -0.3 is 21.1 Å². The van der Waals surface area contributed by atoms with Crippen molar-refractivity contribution in [3.05, 3.63) is 0 Å². The normalized spacial score (nSPS) is 15.8. The summed E-state index contributed by atoms with van der Waals surface area (Å²) in [4.78, 5) is 19.7. The molecule has 0 saturated heterocycles. The van der Waals surface area contributed by atoms with E-state index in [1.807, 2.05) is 0 Å². The van der Waals surface area contributed by atoms with Crippen molar-refractivity contribution < 1.29 is 24.9 Å². The minimum absolute atomic E-state index is 1.55. The van der Waals surface area contributed by atoms with Crippen LogP contribution < -0.4 is 5.73 Å². The highest BCUT2D eigenvalue weighted by molar-refractivity contribution is 5.83. The van der Waals surface area contributed by atoms with E-state index in [-0.39, 0.29) is 0 Å². The molecule has 0 aromatic rings. The Labute approximate surface area is 55.9 Å². The molecular formula is C4H7NO5. The number of hydrogen-bond acceptors (Lipinski definition) is 4. The standard InChI is InChI=1S/C4H7NO5/c5-1(3(7)8)2(6)4(9)10/h1-2,6H,5H2,(H,7,8)(H,9,10)/t1-,2?/m1/s1. The van der Waals surface area contributed by atoms with Gasteiger partial charge in [0, 0.05) is 0 Å². The largest absolute Gasteiger partial charge is 0.480 e. The van der Waals surface area contributed by atoms with Crippen LogP contribution in [0.3, 0.4) is 0 Å². The van der Waals surface area contributed by atoms with Crippen LogP contribution in [0.1, 0.15) is 0 Å². The predicted octanol–water partition coefficient (Wildman–Crippen LogP) is -2.16. The van der Waals surface area contributed by atoms with Gasteiger partial charge in [0.1, 0.15) is 6.04 Å². The molecule has 0 heterocycles. The molecule has 6 nitrogen and oxygen atoms in total. The molecule has 0 fully saturated rings. The van der Waals surface area contributed by atoms with Crippen LogP contribution in [0.2, 0.25) is 0 Å². The van der Waals surface area contributed by atoms with Crippen molar-refractivity contribution in [2.45, 2.75) is 12.1 Å². The summed E-state index contributed by atoms with van der Waals surface area (Å²) < 4.78 is 0. The van der Waals surface area contributed by atoms with Crippen LogP contribution in [0.15, 0.2) is 0 Å². The quantitative estimate of drug-likeness (QED) is 0.363. The first-order chi connectivity index (χ1) is 4.46. The number of aliphatic hydroxyl groups excluding tert-OH is 1. The molecule has 2 atom stereocenters. The van der Waals surface area contributed by atoms with Crippen LogP contribution in [0, 0.1) is 0 Å². The van der Waals surface area contributed by atoms with Gasteiger partial charge in [0.05, 0.1) is 0 Å². The molecule has 0 aliphatic carbocycles. The van der Waals surface area contributed by atoms with Crippen LogP contribution >= 0.6 is 0 Å². The van der Waals surface area contributed by atoms with Gasteiger partial charge in [-0.15, -0.1) is 0 Å². The first-order valence-corrected chi connectivity index (χ1v) is 2.36. The van der Waals surface area contributed by atoms with E-state index in [0.717, 1.165) is 0 Å². The summed E-state index contributed by atoms with van der Waals surface area (Å²) in [5.41, 5.74) is 4.73. The number of carboxylic acids is 2. The van der Waals surface area contributed by atoms with Gasteiger partial charge in [0.15, 0.2) is 6.10 Å². The second kappa shape index (κ2) is 3.14.